The SMILES string of the molecule is O=C(/C=C/c1ccc(C2CCCN2CCn2ccc3ccccc32)cc1)NO. The molecule has 1 aliphatic heterocycles. The Morgan fingerprint density at radius 3 is 2.75 bits per heavy atom. The van der Waals surface area contributed by atoms with Crippen LogP contribution in [0.25, 0.3) is 17.0 Å². The van der Waals surface area contributed by atoms with Crippen molar-refractivity contribution in [3.8, 4) is 0 Å². The lowest BCUT2D eigenvalue weighted by Gasteiger charge is -2.25. The number of benzene rings is 2. The molecular weight excluding hydrogens is 350 g/mol. The zero-order chi connectivity index (χ0) is 19.3. The first-order chi connectivity index (χ1) is 13.7. The highest BCUT2D eigenvalue weighted by Gasteiger charge is 2.25. The van der Waals surface area contributed by atoms with Crippen LogP contribution in [0.1, 0.15) is 30.0 Å². The molecule has 1 amide bonds. The van der Waals surface area contributed by atoms with E-state index in [2.05, 4.69) is 58.1 Å². The average molecular weight is 375 g/mol. The predicted molar refractivity (Wildman–Crippen MR) is 111 cm³/mol. The highest BCUT2D eigenvalue weighted by Crippen LogP contribution is 2.32. The van der Waals surface area contributed by atoms with Crippen LogP contribution in [0.2, 0.25) is 0 Å². The van der Waals surface area contributed by atoms with E-state index in [9.17, 15) is 4.79 Å². The Bertz CT molecular complexity index is 975. The number of hydroxylamine groups is 1. The molecule has 1 atom stereocenters. The predicted octanol–water partition coefficient (Wildman–Crippen LogP) is 4.00. The number of likely N-dealkylation sites (tertiary alicyclic amines) is 1. The molecule has 4 rings (SSSR count). The molecular formula is C23H25N3O2. The normalized spacial score (nSPS) is 17.5. The summed E-state index contributed by atoms with van der Waals surface area (Å²) in [5.74, 6) is -0.524. The van der Waals surface area contributed by atoms with Gasteiger partial charge in [0.15, 0.2) is 0 Å². The molecule has 2 aromatic carbocycles. The molecule has 1 aliphatic rings. The number of fused-ring (bicyclic) bond motifs is 1. The standard InChI is InChI=1S/C23H25N3O2/c27-23(24-28)12-9-18-7-10-20(11-8-18)22-6-3-14-25(22)16-17-26-15-13-19-4-1-2-5-21(19)26/h1-2,4-5,7-13,15,22,28H,3,6,14,16-17H2,(H,24,27)/b12-9+. The Morgan fingerprint density at radius 1 is 1.11 bits per heavy atom. The van der Waals surface area contributed by atoms with Crippen LogP contribution in [0.4, 0.5) is 0 Å². The second-order valence-electron chi connectivity index (χ2n) is 7.24. The minimum Gasteiger partial charge on any atom is -0.346 e. The van der Waals surface area contributed by atoms with Gasteiger partial charge in [-0.2, -0.15) is 0 Å². The maximum atomic E-state index is 11.1. The summed E-state index contributed by atoms with van der Waals surface area (Å²) >= 11 is 0. The smallest absolute Gasteiger partial charge is 0.267 e. The summed E-state index contributed by atoms with van der Waals surface area (Å²) in [5, 5.41) is 9.84. The molecule has 0 radical (unpaired) electrons. The quantitative estimate of drug-likeness (QED) is 0.389. The largest absolute Gasteiger partial charge is 0.346 e. The van der Waals surface area contributed by atoms with Crippen molar-refractivity contribution in [2.24, 2.45) is 0 Å². The topological polar surface area (TPSA) is 57.5 Å². The zero-order valence-corrected chi connectivity index (χ0v) is 15.8. The van der Waals surface area contributed by atoms with E-state index in [-0.39, 0.29) is 0 Å². The molecule has 1 saturated heterocycles. The van der Waals surface area contributed by atoms with Crippen molar-refractivity contribution in [1.82, 2.24) is 14.9 Å². The first-order valence-electron chi connectivity index (χ1n) is 9.74. The van der Waals surface area contributed by atoms with Crippen molar-refractivity contribution in [3.05, 3.63) is 78.0 Å². The van der Waals surface area contributed by atoms with E-state index >= 15 is 0 Å². The van der Waals surface area contributed by atoms with Crippen LogP contribution in [-0.4, -0.2) is 33.7 Å². The van der Waals surface area contributed by atoms with Crippen molar-refractivity contribution in [1.29, 1.82) is 0 Å². The third-order valence-corrected chi connectivity index (χ3v) is 5.53. The molecule has 144 valence electrons. The van der Waals surface area contributed by atoms with Crippen molar-refractivity contribution in [2.45, 2.75) is 25.4 Å². The summed E-state index contributed by atoms with van der Waals surface area (Å²) < 4.78 is 2.34. The number of hydrogen-bond donors (Lipinski definition) is 2. The van der Waals surface area contributed by atoms with E-state index in [4.69, 9.17) is 5.21 Å². The number of hydrogen-bond acceptors (Lipinski definition) is 3. The minimum atomic E-state index is -0.524. The molecule has 28 heavy (non-hydrogen) atoms. The van der Waals surface area contributed by atoms with Gasteiger partial charge in [-0.15, -0.1) is 0 Å². The monoisotopic (exact) mass is 375 g/mol. The van der Waals surface area contributed by atoms with E-state index in [1.165, 1.54) is 35.4 Å². The number of para-hydroxylation sites is 1. The number of aromatic nitrogens is 1. The van der Waals surface area contributed by atoms with Gasteiger partial charge in [-0.3, -0.25) is 14.9 Å². The van der Waals surface area contributed by atoms with Gasteiger partial charge in [0.2, 0.25) is 0 Å². The number of nitrogens with one attached hydrogen (secondary N) is 1. The van der Waals surface area contributed by atoms with Crippen molar-refractivity contribution >= 4 is 22.9 Å². The van der Waals surface area contributed by atoms with Crippen LogP contribution in [0.3, 0.4) is 0 Å². The van der Waals surface area contributed by atoms with Gasteiger partial charge in [-0.05, 0) is 54.1 Å². The van der Waals surface area contributed by atoms with E-state index in [0.717, 1.165) is 25.2 Å². The fraction of sp³-hybridized carbons (Fsp3) is 0.261. The molecule has 5 heteroatoms. The van der Waals surface area contributed by atoms with Gasteiger partial charge < -0.3 is 4.57 Å². The summed E-state index contributed by atoms with van der Waals surface area (Å²) in [6.45, 7) is 3.14. The Labute approximate surface area is 164 Å². The second kappa shape index (κ2) is 8.42. The summed E-state index contributed by atoms with van der Waals surface area (Å²) in [5.41, 5.74) is 5.15. The van der Waals surface area contributed by atoms with E-state index in [0.29, 0.717) is 6.04 Å². The molecule has 0 saturated carbocycles. The number of rotatable bonds is 6. The van der Waals surface area contributed by atoms with E-state index in [1.807, 2.05) is 12.1 Å². The van der Waals surface area contributed by atoms with E-state index in [1.54, 1.807) is 11.6 Å². The zero-order valence-electron chi connectivity index (χ0n) is 15.8. The molecule has 0 bridgehead atoms. The Hall–Kier alpha value is -2.89. The lowest BCUT2D eigenvalue weighted by molar-refractivity contribution is -0.124. The van der Waals surface area contributed by atoms with Crippen LogP contribution in [0.15, 0.2) is 66.9 Å². The van der Waals surface area contributed by atoms with Gasteiger partial charge in [0, 0.05) is 36.9 Å². The fourth-order valence-corrected chi connectivity index (χ4v) is 4.08. The van der Waals surface area contributed by atoms with Gasteiger partial charge in [0.1, 0.15) is 0 Å². The molecule has 0 aliphatic carbocycles. The molecule has 5 nitrogen and oxygen atoms in total. The summed E-state index contributed by atoms with van der Waals surface area (Å²) in [6.07, 6.45) is 7.58. The first kappa shape index (κ1) is 18.5. The molecule has 1 unspecified atom stereocenters. The van der Waals surface area contributed by atoms with Crippen molar-refractivity contribution < 1.29 is 10.0 Å². The molecule has 1 fully saturated rings. The number of amides is 1. The molecule has 3 aromatic rings. The van der Waals surface area contributed by atoms with Crippen molar-refractivity contribution in [3.63, 3.8) is 0 Å². The van der Waals surface area contributed by atoms with Crippen LogP contribution >= 0.6 is 0 Å². The molecule has 2 N–H and O–H groups in total. The lowest BCUT2D eigenvalue weighted by Crippen LogP contribution is -2.27. The second-order valence-corrected chi connectivity index (χ2v) is 7.24. The average Bonchev–Trinajstić information content (AvgIpc) is 3.37. The number of carbonyl (C=O) groups excluding carboxylic acids is 1. The highest BCUT2D eigenvalue weighted by atomic mass is 16.5. The summed E-state index contributed by atoms with van der Waals surface area (Å²) in [7, 11) is 0. The van der Waals surface area contributed by atoms with Gasteiger partial charge in [-0.1, -0.05) is 42.5 Å². The maximum Gasteiger partial charge on any atom is 0.267 e. The summed E-state index contributed by atoms with van der Waals surface area (Å²) in [6, 6.07) is 19.5. The fourth-order valence-electron chi connectivity index (χ4n) is 4.08. The van der Waals surface area contributed by atoms with Crippen LogP contribution in [0.5, 0.6) is 0 Å². The molecule has 1 aromatic heterocycles. The van der Waals surface area contributed by atoms with Gasteiger partial charge in [0.25, 0.3) is 5.91 Å². The third-order valence-electron chi connectivity index (χ3n) is 5.53. The minimum absolute atomic E-state index is 0.445. The van der Waals surface area contributed by atoms with Crippen LogP contribution in [0, 0.1) is 0 Å². The molecule has 0 spiro atoms. The third kappa shape index (κ3) is 4.01. The van der Waals surface area contributed by atoms with Gasteiger partial charge in [0.05, 0.1) is 0 Å². The molecule has 2 heterocycles. The Kier molecular flexibility index (Phi) is 5.55. The Balaban J connectivity index is 1.42. The number of nitrogens with zero attached hydrogens (tertiary/aromatic N) is 2. The number of carbonyl (C=O) groups is 1. The van der Waals surface area contributed by atoms with Gasteiger partial charge in [-0.25, -0.2) is 5.48 Å². The van der Waals surface area contributed by atoms with Crippen LogP contribution < -0.4 is 5.48 Å². The van der Waals surface area contributed by atoms with E-state index < -0.39 is 5.91 Å². The Morgan fingerprint density at radius 2 is 1.93 bits per heavy atom. The maximum absolute atomic E-state index is 11.1. The van der Waals surface area contributed by atoms with Crippen molar-refractivity contribution in [2.75, 3.05) is 13.1 Å². The lowest BCUT2D eigenvalue weighted by atomic mass is 10.0. The summed E-state index contributed by atoms with van der Waals surface area (Å²) in [4.78, 5) is 13.7. The highest BCUT2D eigenvalue weighted by molar-refractivity contribution is 5.90. The van der Waals surface area contributed by atoms with Crippen LogP contribution in [-0.2, 0) is 11.3 Å². The van der Waals surface area contributed by atoms with Gasteiger partial charge >= 0.3 is 0 Å². The first-order valence-corrected chi connectivity index (χ1v) is 9.74.